The molecule has 0 unspecified atom stereocenters. The van der Waals surface area contributed by atoms with E-state index in [4.69, 9.17) is 14.2 Å². The molecule has 0 aliphatic carbocycles. The Hall–Kier alpha value is -1.30. The topological polar surface area (TPSA) is 65.1 Å². The molecule has 0 radical (unpaired) electrons. The van der Waals surface area contributed by atoms with E-state index in [0.29, 0.717) is 19.8 Å². The van der Waals surface area contributed by atoms with Gasteiger partial charge in [-0.25, -0.2) is 4.79 Å². The molecule has 6 heteroatoms. The smallest absolute Gasteiger partial charge is 0.410 e. The molecule has 0 saturated carbocycles. The number of hydrogen-bond donors (Lipinski definition) is 0. The molecule has 166 valence electrons. The van der Waals surface area contributed by atoms with Crippen molar-refractivity contribution >= 4 is 12.1 Å². The zero-order valence-electron chi connectivity index (χ0n) is 18.5. The zero-order chi connectivity index (χ0) is 20.9. The minimum Gasteiger partial charge on any atom is -0.464 e. The van der Waals surface area contributed by atoms with Crippen LogP contribution in [0.1, 0.15) is 90.9 Å². The Morgan fingerprint density at radius 2 is 1.21 bits per heavy atom. The lowest BCUT2D eigenvalue weighted by molar-refractivity contribution is -0.144. The summed E-state index contributed by atoms with van der Waals surface area (Å²) in [4.78, 5) is 25.0. The first kappa shape index (κ1) is 26.7. The van der Waals surface area contributed by atoms with E-state index in [1.165, 1.54) is 69.1 Å². The van der Waals surface area contributed by atoms with Crippen LogP contribution >= 0.6 is 0 Å². The fraction of sp³-hybridized carbons (Fsp3) is 0.909. The predicted molar refractivity (Wildman–Crippen MR) is 113 cm³/mol. The summed E-state index contributed by atoms with van der Waals surface area (Å²) < 4.78 is 15.1. The summed E-state index contributed by atoms with van der Waals surface area (Å²) in [6, 6.07) is 0. The van der Waals surface area contributed by atoms with Gasteiger partial charge in [-0.1, -0.05) is 77.6 Å². The number of carbonyl (C=O) groups excluding carboxylic acids is 2. The van der Waals surface area contributed by atoms with Crippen LogP contribution < -0.4 is 0 Å². The average molecular weight is 402 g/mol. The van der Waals surface area contributed by atoms with Crippen molar-refractivity contribution in [3.8, 4) is 0 Å². The van der Waals surface area contributed by atoms with Crippen molar-refractivity contribution in [2.45, 2.75) is 90.9 Å². The monoisotopic (exact) mass is 401 g/mol. The van der Waals surface area contributed by atoms with Crippen LogP contribution in [-0.4, -0.2) is 57.0 Å². The second-order valence-electron chi connectivity index (χ2n) is 7.23. The first-order chi connectivity index (χ1) is 13.7. The highest BCUT2D eigenvalue weighted by Gasteiger charge is 2.17. The minimum atomic E-state index is -0.512. The number of carbonyl (C=O) groups is 2. The average Bonchev–Trinajstić information content (AvgIpc) is 2.69. The van der Waals surface area contributed by atoms with Crippen LogP contribution in [0.4, 0.5) is 4.79 Å². The molecule has 0 rings (SSSR count). The molecule has 1 amide bonds. The van der Waals surface area contributed by atoms with E-state index in [1.807, 2.05) is 0 Å². The van der Waals surface area contributed by atoms with Crippen molar-refractivity contribution in [1.29, 1.82) is 0 Å². The highest BCUT2D eigenvalue weighted by Crippen LogP contribution is 2.12. The van der Waals surface area contributed by atoms with Gasteiger partial charge < -0.3 is 14.2 Å². The molecule has 0 saturated heterocycles. The molecule has 0 aromatic heterocycles. The second kappa shape index (κ2) is 20.4. The Labute approximate surface area is 172 Å². The Morgan fingerprint density at radius 3 is 1.71 bits per heavy atom. The van der Waals surface area contributed by atoms with Crippen LogP contribution in [0.15, 0.2) is 0 Å². The number of unbranched alkanes of at least 4 members (excludes halogenated alkanes) is 11. The summed E-state index contributed by atoms with van der Waals surface area (Å²) in [6.07, 6.45) is 14.8. The Morgan fingerprint density at radius 1 is 0.679 bits per heavy atom. The number of esters is 1. The molecule has 0 bridgehead atoms. The molecule has 28 heavy (non-hydrogen) atoms. The highest BCUT2D eigenvalue weighted by molar-refractivity contribution is 5.78. The largest absolute Gasteiger partial charge is 0.464 e. The van der Waals surface area contributed by atoms with E-state index >= 15 is 0 Å². The molecular formula is C22H43NO5. The fourth-order valence-corrected chi connectivity index (χ4v) is 2.94. The summed E-state index contributed by atoms with van der Waals surface area (Å²) in [5.74, 6) is -0.381. The Bertz CT molecular complexity index is 376. The van der Waals surface area contributed by atoms with Crippen LogP contribution in [0.5, 0.6) is 0 Å². The van der Waals surface area contributed by atoms with Crippen molar-refractivity contribution in [3.05, 3.63) is 0 Å². The fourth-order valence-electron chi connectivity index (χ4n) is 2.94. The number of rotatable bonds is 19. The molecule has 0 aliphatic heterocycles. The van der Waals surface area contributed by atoms with E-state index < -0.39 is 6.09 Å². The van der Waals surface area contributed by atoms with Gasteiger partial charge in [0.05, 0.1) is 13.2 Å². The lowest BCUT2D eigenvalue weighted by Crippen LogP contribution is -2.37. The maximum atomic E-state index is 11.9. The van der Waals surface area contributed by atoms with E-state index in [9.17, 15) is 9.59 Å². The third-order valence-corrected chi connectivity index (χ3v) is 4.73. The first-order valence-corrected chi connectivity index (χ1v) is 11.2. The molecule has 0 aromatic rings. The van der Waals surface area contributed by atoms with Gasteiger partial charge in [0, 0.05) is 13.7 Å². The van der Waals surface area contributed by atoms with E-state index in [1.54, 1.807) is 14.0 Å². The molecular weight excluding hydrogens is 358 g/mol. The molecule has 0 N–H and O–H groups in total. The lowest BCUT2D eigenvalue weighted by atomic mass is 10.1. The molecule has 0 aromatic carbocycles. The predicted octanol–water partition coefficient (Wildman–Crippen LogP) is 5.34. The standard InChI is InChI=1S/C22H43NO5/c1-4-6-7-8-9-10-11-12-13-14-15-16-17-27-21(24)20-23(5-2)22(25)28-19-18-26-3/h4-20H2,1-3H3. The molecule has 6 nitrogen and oxygen atoms in total. The summed E-state index contributed by atoms with van der Waals surface area (Å²) in [5.41, 5.74) is 0. The van der Waals surface area contributed by atoms with Gasteiger partial charge in [-0.3, -0.25) is 9.69 Å². The van der Waals surface area contributed by atoms with Gasteiger partial charge in [-0.05, 0) is 13.3 Å². The van der Waals surface area contributed by atoms with Gasteiger partial charge in [0.1, 0.15) is 13.2 Å². The number of methoxy groups -OCH3 is 1. The summed E-state index contributed by atoms with van der Waals surface area (Å²) in [7, 11) is 1.54. The third-order valence-electron chi connectivity index (χ3n) is 4.73. The molecule has 0 atom stereocenters. The van der Waals surface area contributed by atoms with E-state index in [0.717, 1.165) is 12.8 Å². The van der Waals surface area contributed by atoms with Crippen LogP contribution in [0.25, 0.3) is 0 Å². The van der Waals surface area contributed by atoms with Crippen LogP contribution in [0.3, 0.4) is 0 Å². The highest BCUT2D eigenvalue weighted by atomic mass is 16.6. The van der Waals surface area contributed by atoms with Gasteiger partial charge in [0.15, 0.2) is 0 Å². The number of nitrogens with zero attached hydrogens (tertiary/aromatic N) is 1. The quantitative estimate of drug-likeness (QED) is 0.216. The number of ether oxygens (including phenoxy) is 3. The van der Waals surface area contributed by atoms with Crippen molar-refractivity contribution in [2.24, 2.45) is 0 Å². The minimum absolute atomic E-state index is 0.0689. The Kier molecular flexibility index (Phi) is 19.5. The maximum absolute atomic E-state index is 11.9. The van der Waals surface area contributed by atoms with Crippen molar-refractivity contribution < 1.29 is 23.8 Å². The first-order valence-electron chi connectivity index (χ1n) is 11.2. The molecule has 0 fully saturated rings. The maximum Gasteiger partial charge on any atom is 0.410 e. The van der Waals surface area contributed by atoms with E-state index in [2.05, 4.69) is 6.92 Å². The van der Waals surface area contributed by atoms with Crippen molar-refractivity contribution in [1.82, 2.24) is 4.90 Å². The Balaban J connectivity index is 3.52. The number of likely N-dealkylation sites (N-methyl/N-ethyl adjacent to an activating group) is 1. The molecule has 0 spiro atoms. The van der Waals surface area contributed by atoms with Crippen LogP contribution in [0, 0.1) is 0 Å². The molecule has 0 aliphatic rings. The number of hydrogen-bond acceptors (Lipinski definition) is 5. The lowest BCUT2D eigenvalue weighted by Gasteiger charge is -2.19. The number of amides is 1. The third kappa shape index (κ3) is 16.8. The van der Waals surface area contributed by atoms with Gasteiger partial charge in [0.2, 0.25) is 0 Å². The summed E-state index contributed by atoms with van der Waals surface area (Å²) >= 11 is 0. The van der Waals surface area contributed by atoms with Gasteiger partial charge >= 0.3 is 12.1 Å². The van der Waals surface area contributed by atoms with Gasteiger partial charge in [0.25, 0.3) is 0 Å². The van der Waals surface area contributed by atoms with Gasteiger partial charge in [-0.15, -0.1) is 0 Å². The van der Waals surface area contributed by atoms with Crippen molar-refractivity contribution in [2.75, 3.05) is 40.0 Å². The normalized spacial score (nSPS) is 10.7. The SMILES string of the molecule is CCCCCCCCCCCCCCOC(=O)CN(CC)C(=O)OCCOC. The van der Waals surface area contributed by atoms with Crippen molar-refractivity contribution in [3.63, 3.8) is 0 Å². The zero-order valence-corrected chi connectivity index (χ0v) is 18.5. The van der Waals surface area contributed by atoms with Crippen LogP contribution in [-0.2, 0) is 19.0 Å². The molecule has 0 heterocycles. The van der Waals surface area contributed by atoms with E-state index in [-0.39, 0.29) is 19.1 Å². The summed E-state index contributed by atoms with van der Waals surface area (Å²) in [6.45, 7) is 5.33. The summed E-state index contributed by atoms with van der Waals surface area (Å²) in [5, 5.41) is 0. The van der Waals surface area contributed by atoms with Gasteiger partial charge in [-0.2, -0.15) is 0 Å². The second-order valence-corrected chi connectivity index (χ2v) is 7.23. The van der Waals surface area contributed by atoms with Crippen LogP contribution in [0.2, 0.25) is 0 Å².